The van der Waals surface area contributed by atoms with Crippen molar-refractivity contribution in [3.05, 3.63) is 85.4 Å². The van der Waals surface area contributed by atoms with Crippen LogP contribution < -0.4 is 26.8 Å². The van der Waals surface area contributed by atoms with Crippen molar-refractivity contribution >= 4 is 61.1 Å². The van der Waals surface area contributed by atoms with E-state index in [0.717, 1.165) is 63.5 Å². The van der Waals surface area contributed by atoms with E-state index < -0.39 is 5.97 Å². The number of aliphatic carboxylic acids is 1. The third-order valence-electron chi connectivity index (χ3n) is 22.8. The van der Waals surface area contributed by atoms with E-state index in [1.807, 2.05) is 37.8 Å². The van der Waals surface area contributed by atoms with Gasteiger partial charge in [-0.15, -0.1) is 18.2 Å². The summed E-state index contributed by atoms with van der Waals surface area (Å²) < 4.78 is 16.4. The summed E-state index contributed by atoms with van der Waals surface area (Å²) >= 11 is 0. The number of para-hydroxylation sites is 1. The van der Waals surface area contributed by atoms with Gasteiger partial charge in [-0.05, 0) is 244 Å². The number of hydrogen-bond donors (Lipinski definition) is 7. The number of carbonyl (C=O) groups is 4. The zero-order chi connectivity index (χ0) is 84.4. The van der Waals surface area contributed by atoms with Crippen LogP contribution in [0, 0.1) is 54.3 Å². The van der Waals surface area contributed by atoms with Gasteiger partial charge in [0.05, 0.1) is 25.4 Å². The summed E-state index contributed by atoms with van der Waals surface area (Å²) in [4.78, 5) is 64.1. The molecule has 12 rings (SSSR count). The lowest BCUT2D eigenvalue weighted by Gasteiger charge is -2.25. The Morgan fingerprint density at radius 3 is 1.32 bits per heavy atom. The van der Waals surface area contributed by atoms with Crippen molar-refractivity contribution in [1.82, 2.24) is 60.7 Å². The zero-order valence-corrected chi connectivity index (χ0v) is 74.1. The molecule has 642 valence electrons. The Morgan fingerprint density at radius 2 is 0.956 bits per heavy atom. The van der Waals surface area contributed by atoms with Crippen molar-refractivity contribution in [2.24, 2.45) is 63.1 Å². The monoisotopic (exact) mass is 1600 g/mol. The molecule has 6 saturated heterocycles. The number of carboxylic acids is 1. The van der Waals surface area contributed by atoms with Gasteiger partial charge in [-0.1, -0.05) is 195 Å². The minimum Gasteiger partial charge on any atom is -0.481 e. The highest BCUT2D eigenvalue weighted by Crippen LogP contribution is 2.24. The fraction of sp³-hybridized carbons (Fsp3) is 0.744. The molecule has 4 aromatic rings. The molecule has 0 bridgehead atoms. The molecule has 6 aliphatic heterocycles. The molecule has 22 nitrogen and oxygen atoms in total. The Balaban J connectivity index is 0.000000431. The molecule has 7 heterocycles. The number of carbonyl (C=O) groups excluding carboxylic acids is 3. The van der Waals surface area contributed by atoms with Gasteiger partial charge in [-0.2, -0.15) is 0 Å². The van der Waals surface area contributed by atoms with Gasteiger partial charge in [0.1, 0.15) is 11.0 Å². The Hall–Kier alpha value is -6.06. The van der Waals surface area contributed by atoms with Crippen molar-refractivity contribution in [1.29, 1.82) is 0 Å². The molecule has 2 aliphatic carbocycles. The Labute approximate surface area is 688 Å². The first-order chi connectivity index (χ1) is 54.7. The Morgan fingerprint density at radius 1 is 0.558 bits per heavy atom. The molecule has 8 aliphatic rings. The number of fused-ring (bicyclic) bond motifs is 2. The quantitative estimate of drug-likeness (QED) is 0.0113. The second kappa shape index (κ2) is 63.1. The number of hydrogen-bond acceptors (Lipinski definition) is 16. The predicted octanol–water partition coefficient (Wildman–Crippen LogP) is 16.8. The smallest absolute Gasteiger partial charge is 0.306 e. The first-order valence-electron chi connectivity index (χ1n) is 44.2. The zero-order valence-electron chi connectivity index (χ0n) is 74.2. The first-order valence-corrected chi connectivity index (χ1v) is 44.5. The molecule has 0 spiro atoms. The minimum absolute atomic E-state index is 0.0609. The Bertz CT molecular complexity index is 3040. The fourth-order valence-corrected chi connectivity index (χ4v) is 14.6. The number of nitrogens with zero attached hydrogens (tertiary/aromatic N) is 10. The number of amides is 3. The average Bonchev–Trinajstić information content (AvgIpc) is 1.64. The van der Waals surface area contributed by atoms with Gasteiger partial charge >= 0.3 is 5.97 Å². The molecule has 3 amide bonds. The molecule has 3 aromatic carbocycles. The first kappa shape index (κ1) is 101. The number of rotatable bonds is 24. The van der Waals surface area contributed by atoms with Crippen LogP contribution in [0.4, 0.5) is 0 Å². The number of aliphatic imine (C=N–C) groups is 2. The van der Waals surface area contributed by atoms with Gasteiger partial charge in [-0.25, -0.2) is 15.1 Å². The summed E-state index contributed by atoms with van der Waals surface area (Å²) in [5, 5.41) is 39.1. The lowest BCUT2D eigenvalue weighted by molar-refractivity contribution is -0.142. The van der Waals surface area contributed by atoms with Gasteiger partial charge in [0.15, 0.2) is 0 Å². The van der Waals surface area contributed by atoms with E-state index in [2.05, 4.69) is 192 Å². The molecule has 2 saturated carbocycles. The van der Waals surface area contributed by atoms with Gasteiger partial charge in [0.2, 0.25) is 27.3 Å². The molecule has 113 heavy (non-hydrogen) atoms. The van der Waals surface area contributed by atoms with E-state index in [1.165, 1.54) is 223 Å². The molecular formula is C90H160N15O7P. The van der Waals surface area contributed by atoms with Crippen molar-refractivity contribution in [3.8, 4) is 0 Å². The Kier molecular flexibility index (Phi) is 56.5. The highest BCUT2D eigenvalue weighted by atomic mass is 31.1. The van der Waals surface area contributed by atoms with Gasteiger partial charge < -0.3 is 56.5 Å². The molecule has 0 unspecified atom stereocenters. The summed E-state index contributed by atoms with van der Waals surface area (Å²) in [6, 6.07) is 27.4. The maximum Gasteiger partial charge on any atom is 0.306 e. The summed E-state index contributed by atoms with van der Waals surface area (Å²) in [7, 11) is 0.0609. The third-order valence-corrected chi connectivity index (χ3v) is 23.2. The lowest BCUT2D eigenvalue weighted by atomic mass is 9.96. The molecular weight excluding hydrogens is 1430 g/mol. The number of aromatic nitrogens is 3. The standard InChI is InChI=1S/C13H22N2.C11H10.2C10H20N2O.C10H19NO.C9H19N2OP.C9H20N2.C6H5N3O.C6H12O2.C4H9N.C2H4/c1-3-7-12(8-4-1)14-11-15-13-9-5-2-6-10-13;1-9-5-4-7-10-6-2-3-8-11(9)10;2*1-9(2)10(11-8-13)7-12-5-3-4-6-12;1-8(2)9(3)10(12)11-6-4-5-7-11;1-8(2)9(10-13-12)7-11-5-3-4-6-11;1-8(2)9(10)7-11-5-3-4-6-11;10-9-6-4-2-1-3-5(6)7-8-9;1-4(2)5(3)6(7)8;1-2-4-5-3-1;1-2/h12-13H,1-10H2;2-8H,1H3;2*8-10H,3-7H2,1-2H3,(H,11,13);8-9H,4-7H2,1-3H3;8-9H,3-7H2,1-2H3,(H,10,12);8-9H,3-7,10H2,1-2H3;1-4,10H;4-5H,1-3H3,(H,7,8);5H,1-4H2;1-2H2/t;;2*10-;3*9-;;5-;;/m..11011.0../s1/i;;;;;;;;;;1D. The SMILES string of the molecule is C(=NC1CCCCC1)=NC1CCCCC1.C1CCNC1.CC(C)[C@@H](CN1CCCC1)NC=O.CC(C)[C@@H](CN1CCCC1)NC=O.CC(C)[C@@H](CN1CCCC1)NP=O.CC(C)[C@H](C)C(=O)N1CCCC1.CC(C)[C@H](C)C(=O)O.CC(C)[C@H](N)CN1CCCC1.Cc1cccc2ccccc12.On1nnc2ccccc21.[2H]C=C. The topological polar surface area (TPSA) is 272 Å². The van der Waals surface area contributed by atoms with Crippen LogP contribution in [0.25, 0.3) is 21.8 Å². The van der Waals surface area contributed by atoms with Crippen molar-refractivity contribution in [2.45, 2.75) is 281 Å². The maximum atomic E-state index is 11.7. The van der Waals surface area contributed by atoms with E-state index in [1.54, 1.807) is 19.1 Å². The van der Waals surface area contributed by atoms with E-state index in [4.69, 9.17) is 17.4 Å². The van der Waals surface area contributed by atoms with Gasteiger partial charge in [0, 0.05) is 69.4 Å². The van der Waals surface area contributed by atoms with E-state index in [0.29, 0.717) is 82.8 Å². The number of aryl methyl sites for hydroxylation is 1. The van der Waals surface area contributed by atoms with Gasteiger partial charge in [0.25, 0.3) is 0 Å². The highest BCUT2D eigenvalue weighted by molar-refractivity contribution is 7.21. The van der Waals surface area contributed by atoms with Crippen LogP contribution >= 0.6 is 8.61 Å². The van der Waals surface area contributed by atoms with Crippen molar-refractivity contribution in [3.63, 3.8) is 0 Å². The van der Waals surface area contributed by atoms with Crippen LogP contribution in [0.15, 0.2) is 89.8 Å². The fourth-order valence-electron chi connectivity index (χ4n) is 14.0. The van der Waals surface area contributed by atoms with Crippen molar-refractivity contribution < 1.29 is 35.4 Å². The summed E-state index contributed by atoms with van der Waals surface area (Å²) in [6.45, 7) is 53.6. The second-order valence-corrected chi connectivity index (χ2v) is 34.3. The number of nitrogens with two attached hydrogens (primary N) is 1. The van der Waals surface area contributed by atoms with Crippen LogP contribution in [-0.4, -0.2) is 222 Å². The van der Waals surface area contributed by atoms with Crippen LogP contribution in [-0.2, 0) is 23.7 Å². The molecule has 6 atom stereocenters. The average molecular weight is 1600 g/mol. The van der Waals surface area contributed by atoms with Crippen LogP contribution in [0.3, 0.4) is 0 Å². The largest absolute Gasteiger partial charge is 0.481 e. The molecule has 0 radical (unpaired) electrons. The van der Waals surface area contributed by atoms with Crippen LogP contribution in [0.1, 0.15) is 245 Å². The summed E-state index contributed by atoms with van der Waals surface area (Å²) in [6.07, 6.45) is 30.6. The number of likely N-dealkylation sites (tertiary alicyclic amines) is 5. The van der Waals surface area contributed by atoms with Crippen molar-refractivity contribution in [2.75, 3.05) is 105 Å². The molecule has 1 aromatic heterocycles. The molecule has 8 N–H and O–H groups in total. The predicted molar refractivity (Wildman–Crippen MR) is 472 cm³/mol. The van der Waals surface area contributed by atoms with Crippen LogP contribution in [0.2, 0.25) is 0 Å². The maximum absolute atomic E-state index is 11.7. The molecule has 8 fully saturated rings. The molecule has 23 heteroatoms. The van der Waals surface area contributed by atoms with Gasteiger partial charge in [-0.3, -0.25) is 23.7 Å². The summed E-state index contributed by atoms with van der Waals surface area (Å²) in [5.41, 5.74) is 8.63. The second-order valence-electron chi connectivity index (χ2n) is 33.9. The van der Waals surface area contributed by atoms with E-state index in [9.17, 15) is 23.7 Å². The summed E-state index contributed by atoms with van der Waals surface area (Å²) in [5.74, 6) is 2.54. The third kappa shape index (κ3) is 45.9. The van der Waals surface area contributed by atoms with E-state index in [-0.39, 0.29) is 26.4 Å². The number of benzene rings is 3. The normalized spacial score (nSPS) is 18.9. The lowest BCUT2D eigenvalue weighted by Crippen LogP contribution is -2.42. The van der Waals surface area contributed by atoms with Crippen LogP contribution in [0.5, 0.6) is 0 Å². The highest BCUT2D eigenvalue weighted by Gasteiger charge is 2.26. The number of carboxylic acid groups (broad SMARTS) is 1. The van der Waals surface area contributed by atoms with E-state index >= 15 is 0 Å². The minimum atomic E-state index is -0.708. The number of nitrogens with one attached hydrogen (secondary N) is 4.